The van der Waals surface area contributed by atoms with Crippen LogP contribution in [0.2, 0.25) is 0 Å². The number of aliphatic carboxylic acids is 1. The molecule has 0 aromatic rings. The van der Waals surface area contributed by atoms with Crippen molar-refractivity contribution in [2.75, 3.05) is 0 Å². The molecule has 4 heteroatoms. The molecule has 0 heterocycles. The van der Waals surface area contributed by atoms with E-state index in [2.05, 4.69) is 20.5 Å². The molecule has 0 fully saturated rings. The molecule has 2 nitrogen and oxygen atoms in total. The van der Waals surface area contributed by atoms with Gasteiger partial charge in [0, 0.05) is 6.42 Å². The topological polar surface area (TPSA) is 37.3 Å². The summed E-state index contributed by atoms with van der Waals surface area (Å²) in [4.78, 5) is 9.73. The van der Waals surface area contributed by atoms with Crippen molar-refractivity contribution in [1.29, 1.82) is 0 Å². The number of halogens is 1. The van der Waals surface area contributed by atoms with Gasteiger partial charge in [-0.1, -0.05) is 6.42 Å². The van der Waals surface area contributed by atoms with Crippen LogP contribution >= 0.6 is 13.6 Å². The molecular formula is C5H9BrO2Zn. The summed E-state index contributed by atoms with van der Waals surface area (Å²) >= 11 is 4.25. The van der Waals surface area contributed by atoms with Crippen molar-refractivity contribution < 1.29 is 26.2 Å². The van der Waals surface area contributed by atoms with Gasteiger partial charge in [0.2, 0.25) is 0 Å². The quantitative estimate of drug-likeness (QED) is 0.610. The normalized spacial score (nSPS) is 7.56. The minimum absolute atomic E-state index is 0.253. The third-order valence-corrected chi connectivity index (χ3v) is 0.641. The van der Waals surface area contributed by atoms with Crippen LogP contribution in [0.25, 0.3) is 0 Å². The van der Waals surface area contributed by atoms with Crippen molar-refractivity contribution in [3.05, 3.63) is 6.92 Å². The number of carboxylic acid groups (broad SMARTS) is 1. The van der Waals surface area contributed by atoms with E-state index in [9.17, 15) is 4.79 Å². The predicted octanol–water partition coefficient (Wildman–Crippen LogP) is 1.92. The molecule has 9 heavy (non-hydrogen) atoms. The Morgan fingerprint density at radius 1 is 1.67 bits per heavy atom. The first-order valence-corrected chi connectivity index (χ1v) is 9.50. The molecular weight excluding hydrogens is 237 g/mol. The Morgan fingerprint density at radius 3 is 2.22 bits per heavy atom. The van der Waals surface area contributed by atoms with Crippen LogP contribution in [-0.2, 0) is 21.1 Å². The van der Waals surface area contributed by atoms with Crippen molar-refractivity contribution in [2.24, 2.45) is 0 Å². The average molecular weight is 246 g/mol. The Hall–Kier alpha value is 0.573. The van der Waals surface area contributed by atoms with Crippen LogP contribution in [-0.4, -0.2) is 11.1 Å². The number of rotatable bonds is 3. The maximum atomic E-state index is 9.73. The summed E-state index contributed by atoms with van der Waals surface area (Å²) in [5, 5.41) is 8.02. The molecule has 0 saturated heterocycles. The molecule has 0 bridgehead atoms. The molecule has 0 aliphatic rings. The molecule has 0 aliphatic heterocycles. The molecule has 0 aliphatic carbocycles. The molecule has 0 rings (SSSR count). The monoisotopic (exact) mass is 244 g/mol. The second kappa shape index (κ2) is 11.4. The Labute approximate surface area is 72.1 Å². The van der Waals surface area contributed by atoms with Crippen molar-refractivity contribution in [2.45, 2.75) is 19.3 Å². The Kier molecular flexibility index (Phi) is 15.5. The first-order valence-electron chi connectivity index (χ1n) is 2.55. The molecule has 0 radical (unpaired) electrons. The van der Waals surface area contributed by atoms with Gasteiger partial charge in [0.25, 0.3) is 0 Å². The van der Waals surface area contributed by atoms with E-state index in [1.807, 2.05) is 0 Å². The number of carbonyl (C=O) groups is 1. The van der Waals surface area contributed by atoms with E-state index in [-0.39, 0.29) is 6.42 Å². The van der Waals surface area contributed by atoms with Gasteiger partial charge in [-0.15, -0.1) is 0 Å². The van der Waals surface area contributed by atoms with Gasteiger partial charge in [0.1, 0.15) is 0 Å². The SMILES string of the molecule is [CH2-]CCCC(=O)O.[Zn+][Br]. The van der Waals surface area contributed by atoms with E-state index in [4.69, 9.17) is 5.11 Å². The van der Waals surface area contributed by atoms with E-state index >= 15 is 0 Å². The Morgan fingerprint density at radius 2 is 2.11 bits per heavy atom. The zero-order valence-electron chi connectivity index (χ0n) is 5.27. The third-order valence-electron chi connectivity index (χ3n) is 0.641. The number of unbranched alkanes of at least 4 members (excludes halogenated alkanes) is 1. The molecule has 0 atom stereocenters. The van der Waals surface area contributed by atoms with E-state index in [1.54, 1.807) is 0 Å². The van der Waals surface area contributed by atoms with E-state index in [0.29, 0.717) is 12.8 Å². The summed E-state index contributed by atoms with van der Waals surface area (Å²) in [6.45, 7) is 3.49. The summed E-state index contributed by atoms with van der Waals surface area (Å²) in [6.07, 6.45) is 1.66. The second-order valence-electron chi connectivity index (χ2n) is 1.35. The maximum absolute atomic E-state index is 9.73. The van der Waals surface area contributed by atoms with Crippen molar-refractivity contribution in [3.8, 4) is 0 Å². The van der Waals surface area contributed by atoms with Crippen LogP contribution in [0.4, 0.5) is 0 Å². The average Bonchev–Trinajstić information content (AvgIpc) is 1.88. The van der Waals surface area contributed by atoms with Crippen LogP contribution < -0.4 is 0 Å². The number of hydrogen-bond donors (Lipinski definition) is 1. The number of carboxylic acids is 1. The van der Waals surface area contributed by atoms with Crippen LogP contribution in [0.3, 0.4) is 0 Å². The second-order valence-corrected chi connectivity index (χ2v) is 1.35. The third kappa shape index (κ3) is 17.7. The van der Waals surface area contributed by atoms with Gasteiger partial charge in [0.05, 0.1) is 0 Å². The molecule has 0 aromatic carbocycles. The van der Waals surface area contributed by atoms with Crippen molar-refractivity contribution in [1.82, 2.24) is 0 Å². The Bertz CT molecular complexity index is 68.0. The Balaban J connectivity index is 0. The zero-order chi connectivity index (χ0) is 7.70. The van der Waals surface area contributed by atoms with Gasteiger partial charge < -0.3 is 12.0 Å². The van der Waals surface area contributed by atoms with Gasteiger partial charge in [-0.25, -0.2) is 0 Å². The summed E-state index contributed by atoms with van der Waals surface area (Å²) in [5.74, 6) is -0.733. The van der Waals surface area contributed by atoms with Crippen LogP contribution in [0.1, 0.15) is 19.3 Å². The fourth-order valence-corrected chi connectivity index (χ4v) is 0.276. The summed E-state index contributed by atoms with van der Waals surface area (Å²) < 4.78 is 0. The summed E-state index contributed by atoms with van der Waals surface area (Å²) in [7, 11) is 0. The van der Waals surface area contributed by atoms with Gasteiger partial charge in [-0.05, 0) is 0 Å². The predicted molar refractivity (Wildman–Crippen MR) is 35.8 cm³/mol. The van der Waals surface area contributed by atoms with Gasteiger partial charge in [-0.3, -0.25) is 4.79 Å². The zero-order valence-corrected chi connectivity index (χ0v) is 9.82. The molecule has 0 aromatic heterocycles. The summed E-state index contributed by atoms with van der Waals surface area (Å²) in [5.41, 5.74) is 0. The molecule has 0 saturated carbocycles. The van der Waals surface area contributed by atoms with Crippen molar-refractivity contribution >= 4 is 19.6 Å². The minimum atomic E-state index is -0.733. The molecule has 50 valence electrons. The van der Waals surface area contributed by atoms with Crippen LogP contribution in [0.5, 0.6) is 0 Å². The summed E-state index contributed by atoms with van der Waals surface area (Å²) in [6, 6.07) is 0. The van der Waals surface area contributed by atoms with Crippen LogP contribution in [0.15, 0.2) is 0 Å². The first kappa shape index (κ1) is 12.3. The number of hydrogen-bond acceptors (Lipinski definition) is 1. The van der Waals surface area contributed by atoms with Gasteiger partial charge in [0.15, 0.2) is 0 Å². The van der Waals surface area contributed by atoms with E-state index < -0.39 is 5.97 Å². The van der Waals surface area contributed by atoms with E-state index in [0.717, 1.165) is 0 Å². The van der Waals surface area contributed by atoms with Crippen LogP contribution in [0, 0.1) is 6.92 Å². The van der Waals surface area contributed by atoms with Gasteiger partial charge >= 0.3 is 35.9 Å². The fourth-order valence-electron chi connectivity index (χ4n) is 0.276. The van der Waals surface area contributed by atoms with Gasteiger partial charge in [-0.2, -0.15) is 6.42 Å². The standard InChI is InChI=1S/C5H9O2.BrH.Zn/c1-2-3-4-5(6)7;;/h1-4H2,(H,6,7);1H;/q-1;;+2/p-1. The first-order chi connectivity index (χ1) is 4.27. The van der Waals surface area contributed by atoms with E-state index in [1.165, 1.54) is 16.3 Å². The molecule has 0 amide bonds. The molecule has 0 spiro atoms. The fraction of sp³-hybridized carbons (Fsp3) is 0.600. The molecule has 1 N–H and O–H groups in total. The molecule has 0 unspecified atom stereocenters. The van der Waals surface area contributed by atoms with Crippen molar-refractivity contribution in [3.63, 3.8) is 0 Å².